The summed E-state index contributed by atoms with van der Waals surface area (Å²) < 4.78 is 4.29. The summed E-state index contributed by atoms with van der Waals surface area (Å²) in [6.45, 7) is 5.47. The highest BCUT2D eigenvalue weighted by Gasteiger charge is 2.15. The Labute approximate surface area is 131 Å². The minimum atomic E-state index is 0.581. The van der Waals surface area contributed by atoms with Crippen LogP contribution in [0.1, 0.15) is 39.5 Å². The van der Waals surface area contributed by atoms with E-state index in [-0.39, 0.29) is 0 Å². The SMILES string of the molecule is CCCCC(CC)CNc1snc(N)c1-c1cccnc1. The molecule has 0 fully saturated rings. The van der Waals surface area contributed by atoms with Gasteiger partial charge in [-0.1, -0.05) is 39.2 Å². The van der Waals surface area contributed by atoms with Crippen molar-refractivity contribution >= 4 is 22.4 Å². The Morgan fingerprint density at radius 1 is 1.38 bits per heavy atom. The maximum atomic E-state index is 6.02. The van der Waals surface area contributed by atoms with Crippen molar-refractivity contribution < 1.29 is 0 Å². The van der Waals surface area contributed by atoms with Crippen molar-refractivity contribution in [2.75, 3.05) is 17.6 Å². The summed E-state index contributed by atoms with van der Waals surface area (Å²) in [7, 11) is 0. The third kappa shape index (κ3) is 4.17. The zero-order chi connectivity index (χ0) is 15.1. The summed E-state index contributed by atoms with van der Waals surface area (Å²) >= 11 is 1.43. The third-order valence-corrected chi connectivity index (χ3v) is 4.58. The zero-order valence-electron chi connectivity index (χ0n) is 12.8. The molecule has 0 aliphatic heterocycles. The van der Waals surface area contributed by atoms with Gasteiger partial charge in [0.1, 0.15) is 10.8 Å². The lowest BCUT2D eigenvalue weighted by atomic mass is 9.99. The van der Waals surface area contributed by atoms with Crippen LogP contribution in [0.2, 0.25) is 0 Å². The van der Waals surface area contributed by atoms with Crippen LogP contribution in [0.3, 0.4) is 0 Å². The summed E-state index contributed by atoms with van der Waals surface area (Å²) in [6, 6.07) is 3.94. The zero-order valence-corrected chi connectivity index (χ0v) is 13.6. The summed E-state index contributed by atoms with van der Waals surface area (Å²) in [4.78, 5) is 4.17. The molecule has 0 aliphatic rings. The third-order valence-electron chi connectivity index (χ3n) is 3.76. The number of rotatable bonds is 8. The van der Waals surface area contributed by atoms with E-state index in [1.54, 1.807) is 6.20 Å². The Bertz CT molecular complexity index is 538. The molecular weight excluding hydrogens is 280 g/mol. The van der Waals surface area contributed by atoms with Gasteiger partial charge in [-0.25, -0.2) is 0 Å². The second-order valence-corrected chi connectivity index (χ2v) is 6.08. The number of nitrogens with one attached hydrogen (secondary N) is 1. The molecule has 0 aliphatic carbocycles. The van der Waals surface area contributed by atoms with Crippen LogP contribution in [0, 0.1) is 5.92 Å². The lowest BCUT2D eigenvalue weighted by molar-refractivity contribution is 0.473. The van der Waals surface area contributed by atoms with Crippen LogP contribution in [-0.2, 0) is 0 Å². The molecule has 0 amide bonds. The fourth-order valence-corrected chi connectivity index (χ4v) is 3.14. The molecule has 0 saturated heterocycles. The van der Waals surface area contributed by atoms with Gasteiger partial charge in [0.2, 0.25) is 0 Å². The summed E-state index contributed by atoms with van der Waals surface area (Å²) in [5, 5.41) is 4.59. The Kier molecular flexibility index (Phi) is 5.99. The van der Waals surface area contributed by atoms with Gasteiger partial charge in [0.05, 0.1) is 5.56 Å². The molecule has 2 aromatic heterocycles. The Hall–Kier alpha value is -1.62. The first-order valence-electron chi connectivity index (χ1n) is 7.65. The molecule has 5 heteroatoms. The molecule has 0 radical (unpaired) electrons. The fourth-order valence-electron chi connectivity index (χ4n) is 2.39. The average Bonchev–Trinajstić information content (AvgIpc) is 2.89. The van der Waals surface area contributed by atoms with Crippen molar-refractivity contribution in [1.29, 1.82) is 0 Å². The van der Waals surface area contributed by atoms with E-state index >= 15 is 0 Å². The predicted molar refractivity (Wildman–Crippen MR) is 91.6 cm³/mol. The average molecular weight is 304 g/mol. The minimum Gasteiger partial charge on any atom is -0.382 e. The van der Waals surface area contributed by atoms with Gasteiger partial charge >= 0.3 is 0 Å². The first-order valence-corrected chi connectivity index (χ1v) is 8.43. The molecule has 0 saturated carbocycles. The number of anilines is 2. The molecule has 1 atom stereocenters. The topological polar surface area (TPSA) is 63.8 Å². The largest absolute Gasteiger partial charge is 0.382 e. The van der Waals surface area contributed by atoms with E-state index < -0.39 is 0 Å². The molecule has 2 rings (SSSR count). The van der Waals surface area contributed by atoms with Crippen molar-refractivity contribution in [3.05, 3.63) is 24.5 Å². The van der Waals surface area contributed by atoms with Crippen molar-refractivity contribution in [2.45, 2.75) is 39.5 Å². The van der Waals surface area contributed by atoms with Crippen LogP contribution >= 0.6 is 11.5 Å². The number of nitrogens with zero attached hydrogens (tertiary/aromatic N) is 2. The first-order chi connectivity index (χ1) is 10.3. The van der Waals surface area contributed by atoms with Crippen LogP contribution in [0.5, 0.6) is 0 Å². The second-order valence-electron chi connectivity index (χ2n) is 5.31. The number of nitrogen functional groups attached to an aromatic ring is 1. The molecule has 0 bridgehead atoms. The van der Waals surface area contributed by atoms with E-state index in [0.717, 1.165) is 22.7 Å². The van der Waals surface area contributed by atoms with Gasteiger partial charge in [-0.2, -0.15) is 4.37 Å². The highest BCUT2D eigenvalue weighted by molar-refractivity contribution is 7.11. The number of pyridine rings is 1. The molecule has 114 valence electrons. The molecule has 2 aromatic rings. The van der Waals surface area contributed by atoms with E-state index in [0.29, 0.717) is 11.7 Å². The maximum Gasteiger partial charge on any atom is 0.147 e. The number of nitrogens with two attached hydrogens (primary N) is 1. The van der Waals surface area contributed by atoms with E-state index in [1.165, 1.54) is 37.2 Å². The number of unbranched alkanes of at least 4 members (excludes halogenated alkanes) is 1. The molecule has 0 spiro atoms. The van der Waals surface area contributed by atoms with E-state index in [4.69, 9.17) is 5.73 Å². The Balaban J connectivity index is 2.08. The van der Waals surface area contributed by atoms with Crippen LogP contribution in [0.4, 0.5) is 10.8 Å². The van der Waals surface area contributed by atoms with Gasteiger partial charge in [0.25, 0.3) is 0 Å². The quantitative estimate of drug-likeness (QED) is 0.758. The monoisotopic (exact) mass is 304 g/mol. The minimum absolute atomic E-state index is 0.581. The van der Waals surface area contributed by atoms with Gasteiger partial charge in [-0.05, 0) is 29.9 Å². The molecule has 21 heavy (non-hydrogen) atoms. The first kappa shape index (κ1) is 15.8. The number of hydrogen-bond donors (Lipinski definition) is 2. The molecular formula is C16H24N4S. The molecule has 2 heterocycles. The van der Waals surface area contributed by atoms with Gasteiger partial charge in [0, 0.05) is 24.5 Å². The lowest BCUT2D eigenvalue weighted by Gasteiger charge is -2.16. The number of aromatic nitrogens is 2. The van der Waals surface area contributed by atoms with Crippen LogP contribution < -0.4 is 11.1 Å². The maximum absolute atomic E-state index is 6.02. The standard InChI is InChI=1S/C16H24N4S/c1-3-5-7-12(4-2)10-19-16-14(15(17)20-21-16)13-8-6-9-18-11-13/h6,8-9,11-12,19H,3-5,7,10H2,1-2H3,(H2,17,20). The predicted octanol–water partition coefficient (Wildman–Crippen LogP) is 4.42. The molecule has 0 aromatic carbocycles. The van der Waals surface area contributed by atoms with E-state index in [2.05, 4.69) is 28.5 Å². The Morgan fingerprint density at radius 2 is 2.24 bits per heavy atom. The normalized spacial score (nSPS) is 12.3. The summed E-state index contributed by atoms with van der Waals surface area (Å²) in [6.07, 6.45) is 8.62. The molecule has 1 unspecified atom stereocenters. The van der Waals surface area contributed by atoms with Crippen LogP contribution in [-0.4, -0.2) is 15.9 Å². The highest BCUT2D eigenvalue weighted by atomic mass is 32.1. The van der Waals surface area contributed by atoms with Crippen molar-refractivity contribution in [3.63, 3.8) is 0 Å². The molecule has 4 nitrogen and oxygen atoms in total. The molecule has 3 N–H and O–H groups in total. The van der Waals surface area contributed by atoms with Gasteiger partial charge in [-0.15, -0.1) is 0 Å². The van der Waals surface area contributed by atoms with Gasteiger partial charge in [-0.3, -0.25) is 4.98 Å². The Morgan fingerprint density at radius 3 is 2.90 bits per heavy atom. The van der Waals surface area contributed by atoms with Crippen molar-refractivity contribution in [1.82, 2.24) is 9.36 Å². The van der Waals surface area contributed by atoms with Crippen LogP contribution in [0.15, 0.2) is 24.5 Å². The summed E-state index contributed by atoms with van der Waals surface area (Å²) in [5.74, 6) is 1.28. The van der Waals surface area contributed by atoms with Gasteiger partial charge < -0.3 is 11.1 Å². The number of hydrogen-bond acceptors (Lipinski definition) is 5. The van der Waals surface area contributed by atoms with Crippen molar-refractivity contribution in [3.8, 4) is 11.1 Å². The highest BCUT2D eigenvalue weighted by Crippen LogP contribution is 2.36. The van der Waals surface area contributed by atoms with E-state index in [1.807, 2.05) is 18.3 Å². The van der Waals surface area contributed by atoms with Gasteiger partial charge in [0.15, 0.2) is 0 Å². The van der Waals surface area contributed by atoms with E-state index in [9.17, 15) is 0 Å². The van der Waals surface area contributed by atoms with Crippen LogP contribution in [0.25, 0.3) is 11.1 Å². The summed E-state index contributed by atoms with van der Waals surface area (Å²) in [5.41, 5.74) is 8.03. The lowest BCUT2D eigenvalue weighted by Crippen LogP contribution is -2.13. The smallest absolute Gasteiger partial charge is 0.147 e. The van der Waals surface area contributed by atoms with Crippen molar-refractivity contribution in [2.24, 2.45) is 5.92 Å². The fraction of sp³-hybridized carbons (Fsp3) is 0.500. The second kappa shape index (κ2) is 7.98.